The molecule has 0 spiro atoms. The van der Waals surface area contributed by atoms with E-state index in [0.717, 1.165) is 34.6 Å². The highest BCUT2D eigenvalue weighted by atomic mass is 16.5. The number of nitrogens with zero attached hydrogens (tertiary/aromatic N) is 1. The fourth-order valence-corrected chi connectivity index (χ4v) is 4.28. The molecule has 0 radical (unpaired) electrons. The third-order valence-electron chi connectivity index (χ3n) is 6.39. The van der Waals surface area contributed by atoms with Gasteiger partial charge in [0.25, 0.3) is 5.56 Å². The van der Waals surface area contributed by atoms with E-state index in [1.807, 2.05) is 37.3 Å². The van der Waals surface area contributed by atoms with Gasteiger partial charge >= 0.3 is 0 Å². The number of hydrogen-bond acceptors (Lipinski definition) is 5. The number of ether oxygens (including phenoxy) is 2. The van der Waals surface area contributed by atoms with Crippen LogP contribution in [0.15, 0.2) is 47.5 Å². The molecule has 172 valence electrons. The molecule has 0 amide bonds. The molecule has 3 aromatic rings. The zero-order valence-corrected chi connectivity index (χ0v) is 19.4. The van der Waals surface area contributed by atoms with Crippen molar-refractivity contribution in [2.75, 3.05) is 13.7 Å². The molecule has 0 bridgehead atoms. The van der Waals surface area contributed by atoms with Crippen LogP contribution in [0.3, 0.4) is 0 Å². The molecular weight excluding hydrogens is 418 g/mol. The summed E-state index contributed by atoms with van der Waals surface area (Å²) in [5, 5.41) is 5.27. The lowest BCUT2D eigenvalue weighted by atomic mass is 9.83. The van der Waals surface area contributed by atoms with Gasteiger partial charge in [-0.15, -0.1) is 0 Å². The highest BCUT2D eigenvalue weighted by molar-refractivity contribution is 6.22. The van der Waals surface area contributed by atoms with Crippen molar-refractivity contribution >= 4 is 11.4 Å². The van der Waals surface area contributed by atoms with Gasteiger partial charge in [-0.05, 0) is 61.1 Å². The third-order valence-corrected chi connectivity index (χ3v) is 6.39. The van der Waals surface area contributed by atoms with Crippen LogP contribution in [0.4, 0.5) is 0 Å². The molecule has 2 atom stereocenters. The molecule has 7 nitrogen and oxygen atoms in total. The van der Waals surface area contributed by atoms with Crippen molar-refractivity contribution < 1.29 is 14.3 Å². The molecule has 0 saturated carbocycles. The van der Waals surface area contributed by atoms with E-state index in [1.165, 1.54) is 0 Å². The Balaban J connectivity index is 1.69. The molecular formula is C26H29N3O4. The smallest absolute Gasteiger partial charge is 0.273 e. The summed E-state index contributed by atoms with van der Waals surface area (Å²) in [4.78, 5) is 30.3. The van der Waals surface area contributed by atoms with Gasteiger partial charge in [0, 0.05) is 23.5 Å². The van der Waals surface area contributed by atoms with Gasteiger partial charge in [-0.2, -0.15) is 0 Å². The summed E-state index contributed by atoms with van der Waals surface area (Å²) in [6.45, 7) is 6.43. The van der Waals surface area contributed by atoms with Gasteiger partial charge < -0.3 is 14.6 Å². The van der Waals surface area contributed by atoms with Gasteiger partial charge in [0.1, 0.15) is 11.5 Å². The molecule has 4 rings (SSSR count). The van der Waals surface area contributed by atoms with Crippen molar-refractivity contribution in [2.45, 2.75) is 39.5 Å². The minimum atomic E-state index is -0.298. The lowest BCUT2D eigenvalue weighted by molar-refractivity contribution is -0.118. The molecule has 1 aliphatic rings. The zero-order chi connectivity index (χ0) is 23.5. The van der Waals surface area contributed by atoms with Gasteiger partial charge in [0.05, 0.1) is 30.9 Å². The number of methoxy groups -OCH3 is 1. The maximum absolute atomic E-state index is 13.7. The second-order valence-corrected chi connectivity index (χ2v) is 8.37. The van der Waals surface area contributed by atoms with E-state index in [0.29, 0.717) is 29.9 Å². The fraction of sp³-hybridized carbons (Fsp3) is 0.346. The summed E-state index contributed by atoms with van der Waals surface area (Å²) in [5.74, 6) is 1.47. The van der Waals surface area contributed by atoms with Crippen molar-refractivity contribution in [3.63, 3.8) is 0 Å². The van der Waals surface area contributed by atoms with Crippen LogP contribution >= 0.6 is 0 Å². The Labute approximate surface area is 192 Å². The number of nitrogens with one attached hydrogen (secondary N) is 2. The van der Waals surface area contributed by atoms with Crippen LogP contribution in [0.5, 0.6) is 11.5 Å². The minimum absolute atomic E-state index is 0.0320. The average molecular weight is 448 g/mol. The van der Waals surface area contributed by atoms with E-state index < -0.39 is 0 Å². The third kappa shape index (κ3) is 4.35. The number of ketones is 1. The first-order chi connectivity index (χ1) is 16.0. The van der Waals surface area contributed by atoms with Gasteiger partial charge in [-0.3, -0.25) is 19.7 Å². The van der Waals surface area contributed by atoms with Crippen molar-refractivity contribution in [3.8, 4) is 22.8 Å². The van der Waals surface area contributed by atoms with Crippen LogP contribution in [0, 0.1) is 5.92 Å². The van der Waals surface area contributed by atoms with Crippen molar-refractivity contribution in [1.29, 1.82) is 0 Å². The maximum atomic E-state index is 13.7. The number of pyridine rings is 1. The number of rotatable bonds is 7. The first-order valence-corrected chi connectivity index (χ1v) is 11.2. The molecule has 3 heterocycles. The number of H-pyrrole nitrogens is 2. The van der Waals surface area contributed by atoms with E-state index in [2.05, 4.69) is 29.0 Å². The van der Waals surface area contributed by atoms with E-state index in [4.69, 9.17) is 9.47 Å². The molecule has 0 saturated heterocycles. The summed E-state index contributed by atoms with van der Waals surface area (Å²) in [5.41, 5.74) is 4.25. The number of allylic oxidation sites excluding steroid dienone is 2. The average Bonchev–Trinajstić information content (AvgIpc) is 3.29. The molecule has 0 fully saturated rings. The van der Waals surface area contributed by atoms with Gasteiger partial charge in [-0.25, -0.2) is 0 Å². The molecule has 1 aromatic carbocycles. The van der Waals surface area contributed by atoms with Crippen LogP contribution in [-0.2, 0) is 11.2 Å². The quantitative estimate of drug-likeness (QED) is 0.520. The summed E-state index contributed by atoms with van der Waals surface area (Å²) in [6.07, 6.45) is 6.67. The standard InChI is InChI=1S/C26H29N3O4/c1-5-15(3)20-11-23(22-13-28-29-26(22)31)27-12-21(20)19(6-2)25(30)17-9-16-10-18(32-4)7-8-24(16)33-14-17/h6-8,10-13,15,17H,5,9,14H2,1-4H3,(H2,28,29,31)/b19-6+. The first kappa shape index (κ1) is 22.6. The Morgan fingerprint density at radius 2 is 2.18 bits per heavy atom. The Bertz CT molecular complexity index is 1250. The van der Waals surface area contributed by atoms with Crippen LogP contribution in [0.2, 0.25) is 0 Å². The second kappa shape index (κ2) is 9.48. The number of Topliss-reactive ketones (excluding diaryl/α,β-unsaturated/α-hetero) is 1. The summed E-state index contributed by atoms with van der Waals surface area (Å²) in [7, 11) is 1.63. The lowest BCUT2D eigenvalue weighted by Gasteiger charge is -2.26. The summed E-state index contributed by atoms with van der Waals surface area (Å²) < 4.78 is 11.2. The number of fused-ring (bicyclic) bond motifs is 1. The molecule has 2 N–H and O–H groups in total. The molecule has 33 heavy (non-hydrogen) atoms. The predicted octanol–water partition coefficient (Wildman–Crippen LogP) is 4.51. The monoisotopic (exact) mass is 447 g/mol. The van der Waals surface area contributed by atoms with Crippen molar-refractivity contribution in [2.24, 2.45) is 5.92 Å². The van der Waals surface area contributed by atoms with Gasteiger partial charge in [0.2, 0.25) is 0 Å². The molecule has 7 heteroatoms. The topological polar surface area (TPSA) is 97.1 Å². The first-order valence-electron chi connectivity index (χ1n) is 11.2. The molecule has 2 aromatic heterocycles. The Kier molecular flexibility index (Phi) is 6.49. The van der Waals surface area contributed by atoms with E-state index >= 15 is 0 Å². The summed E-state index contributed by atoms with van der Waals surface area (Å²) in [6, 6.07) is 7.60. The Hall–Kier alpha value is -3.61. The highest BCUT2D eigenvalue weighted by Gasteiger charge is 2.30. The summed E-state index contributed by atoms with van der Waals surface area (Å²) >= 11 is 0. The van der Waals surface area contributed by atoms with E-state index in [1.54, 1.807) is 19.5 Å². The normalized spacial score (nSPS) is 16.6. The number of benzene rings is 1. The van der Waals surface area contributed by atoms with Crippen molar-refractivity contribution in [3.05, 3.63) is 69.8 Å². The molecule has 1 aliphatic heterocycles. The number of aromatic amines is 2. The van der Waals surface area contributed by atoms with Crippen LogP contribution in [-0.4, -0.2) is 34.7 Å². The lowest BCUT2D eigenvalue weighted by Crippen LogP contribution is -2.29. The number of carbonyl (C=O) groups excluding carboxylic acids is 1. The van der Waals surface area contributed by atoms with Crippen molar-refractivity contribution in [1.82, 2.24) is 15.2 Å². The van der Waals surface area contributed by atoms with Gasteiger partial charge in [-0.1, -0.05) is 19.9 Å². The maximum Gasteiger partial charge on any atom is 0.273 e. The van der Waals surface area contributed by atoms with Crippen LogP contribution in [0.25, 0.3) is 16.8 Å². The fourth-order valence-electron chi connectivity index (χ4n) is 4.28. The van der Waals surface area contributed by atoms with E-state index in [9.17, 15) is 9.59 Å². The number of aromatic nitrogens is 3. The SMILES string of the molecule is C/C=C(/C(=O)C1COc2ccc(OC)cc2C1)c1cnc(-c2c[nH][nH]c2=O)cc1C(C)CC. The van der Waals surface area contributed by atoms with Crippen LogP contribution < -0.4 is 15.0 Å². The van der Waals surface area contributed by atoms with Crippen LogP contribution in [0.1, 0.15) is 49.8 Å². The molecule has 2 unspecified atom stereocenters. The van der Waals surface area contributed by atoms with E-state index in [-0.39, 0.29) is 23.2 Å². The predicted molar refractivity (Wildman–Crippen MR) is 128 cm³/mol. The van der Waals surface area contributed by atoms with Gasteiger partial charge in [0.15, 0.2) is 5.78 Å². The largest absolute Gasteiger partial charge is 0.497 e. The Morgan fingerprint density at radius 3 is 2.85 bits per heavy atom. The minimum Gasteiger partial charge on any atom is -0.497 e. The zero-order valence-electron chi connectivity index (χ0n) is 19.4. The Morgan fingerprint density at radius 1 is 1.36 bits per heavy atom. The highest BCUT2D eigenvalue weighted by Crippen LogP contribution is 2.35. The number of hydrogen-bond donors (Lipinski definition) is 2. The number of carbonyl (C=O) groups is 1. The second-order valence-electron chi connectivity index (χ2n) is 8.37. The molecule has 0 aliphatic carbocycles.